The SMILES string of the molecule is CC.COc1ccccc1C1C=C2CN(CC3=CN4C=CC=CC4N3)CCN2N1. The summed E-state index contributed by atoms with van der Waals surface area (Å²) in [7, 11) is 1.73. The first-order valence-electron chi connectivity index (χ1n) is 10.5. The molecule has 1 saturated heterocycles. The van der Waals surface area contributed by atoms with Crippen molar-refractivity contribution in [3.05, 3.63) is 77.9 Å². The molecule has 2 unspecified atom stereocenters. The van der Waals surface area contributed by atoms with Gasteiger partial charge in [-0.3, -0.25) is 4.90 Å². The second kappa shape index (κ2) is 8.76. The van der Waals surface area contributed by atoms with Gasteiger partial charge in [-0.15, -0.1) is 0 Å². The number of nitrogens with one attached hydrogen (secondary N) is 2. The summed E-state index contributed by atoms with van der Waals surface area (Å²) >= 11 is 0. The van der Waals surface area contributed by atoms with Crippen LogP contribution in [0.1, 0.15) is 25.5 Å². The Balaban J connectivity index is 0.000000994. The number of rotatable bonds is 4. The molecule has 6 nitrogen and oxygen atoms in total. The highest BCUT2D eigenvalue weighted by Crippen LogP contribution is 2.32. The molecule has 4 aliphatic heterocycles. The molecule has 0 amide bonds. The van der Waals surface area contributed by atoms with E-state index < -0.39 is 0 Å². The maximum atomic E-state index is 5.54. The molecule has 0 spiro atoms. The van der Waals surface area contributed by atoms with Gasteiger partial charge in [0.25, 0.3) is 0 Å². The molecule has 6 heteroatoms. The highest BCUT2D eigenvalue weighted by Gasteiger charge is 2.31. The molecular weight excluding hydrogens is 362 g/mol. The van der Waals surface area contributed by atoms with Crippen LogP contribution >= 0.6 is 0 Å². The molecule has 0 saturated carbocycles. The van der Waals surface area contributed by atoms with E-state index in [1.807, 2.05) is 26.0 Å². The largest absolute Gasteiger partial charge is 0.496 e. The van der Waals surface area contributed by atoms with Gasteiger partial charge in [0.15, 0.2) is 0 Å². The van der Waals surface area contributed by atoms with Crippen molar-refractivity contribution in [1.29, 1.82) is 0 Å². The number of hydrogen-bond donors (Lipinski definition) is 2. The Morgan fingerprint density at radius 1 is 1.14 bits per heavy atom. The fourth-order valence-electron chi connectivity index (χ4n) is 4.17. The minimum Gasteiger partial charge on any atom is -0.496 e. The molecule has 1 fully saturated rings. The van der Waals surface area contributed by atoms with Crippen LogP contribution in [-0.4, -0.2) is 54.3 Å². The number of nitrogens with zero attached hydrogens (tertiary/aromatic N) is 3. The molecule has 1 aromatic rings. The number of benzene rings is 1. The molecule has 0 aromatic heterocycles. The fraction of sp³-hybridized carbons (Fsp3) is 0.391. The van der Waals surface area contributed by atoms with E-state index in [1.165, 1.54) is 17.0 Å². The summed E-state index contributed by atoms with van der Waals surface area (Å²) in [6.07, 6.45) is 13.3. The smallest absolute Gasteiger partial charge is 0.124 e. The molecule has 4 aliphatic rings. The predicted octanol–water partition coefficient (Wildman–Crippen LogP) is 2.94. The summed E-state index contributed by atoms with van der Waals surface area (Å²) in [6, 6.07) is 8.41. The van der Waals surface area contributed by atoms with Crippen LogP contribution in [0.2, 0.25) is 0 Å². The fourth-order valence-corrected chi connectivity index (χ4v) is 4.17. The van der Waals surface area contributed by atoms with Crippen molar-refractivity contribution in [3.63, 3.8) is 0 Å². The molecule has 0 aliphatic carbocycles. The van der Waals surface area contributed by atoms with E-state index in [1.54, 1.807) is 7.11 Å². The van der Waals surface area contributed by atoms with Crippen molar-refractivity contribution in [2.45, 2.75) is 26.1 Å². The summed E-state index contributed by atoms with van der Waals surface area (Å²) < 4.78 is 5.54. The highest BCUT2D eigenvalue weighted by molar-refractivity contribution is 5.40. The van der Waals surface area contributed by atoms with E-state index >= 15 is 0 Å². The van der Waals surface area contributed by atoms with E-state index in [2.05, 4.69) is 74.4 Å². The lowest BCUT2D eigenvalue weighted by molar-refractivity contribution is 0.150. The quantitative estimate of drug-likeness (QED) is 0.820. The molecule has 1 aromatic carbocycles. The van der Waals surface area contributed by atoms with Gasteiger partial charge in [0.1, 0.15) is 11.9 Å². The normalized spacial score (nSPS) is 24.8. The maximum Gasteiger partial charge on any atom is 0.124 e. The number of ether oxygens (including phenoxy) is 1. The van der Waals surface area contributed by atoms with E-state index in [4.69, 9.17) is 4.74 Å². The lowest BCUT2D eigenvalue weighted by atomic mass is 10.1. The third-order valence-electron chi connectivity index (χ3n) is 5.52. The Bertz CT molecular complexity index is 843. The Hall–Kier alpha value is -2.70. The molecule has 29 heavy (non-hydrogen) atoms. The number of allylic oxidation sites excluding steroid dienone is 2. The van der Waals surface area contributed by atoms with Crippen LogP contribution in [0.5, 0.6) is 5.75 Å². The number of methoxy groups -OCH3 is 1. The number of para-hydroxylation sites is 1. The van der Waals surface area contributed by atoms with Crippen LogP contribution in [0.25, 0.3) is 0 Å². The lowest BCUT2D eigenvalue weighted by Crippen LogP contribution is -2.48. The van der Waals surface area contributed by atoms with Gasteiger partial charge in [-0.25, -0.2) is 5.43 Å². The summed E-state index contributed by atoms with van der Waals surface area (Å²) in [5.41, 5.74) is 7.42. The zero-order valence-corrected chi connectivity index (χ0v) is 17.5. The van der Waals surface area contributed by atoms with Crippen molar-refractivity contribution in [2.24, 2.45) is 0 Å². The second-order valence-corrected chi connectivity index (χ2v) is 7.29. The molecule has 154 valence electrons. The Kier molecular flexibility index (Phi) is 5.92. The van der Waals surface area contributed by atoms with Gasteiger partial charge in [0.05, 0.1) is 13.2 Å². The first kappa shape index (κ1) is 19.6. The van der Waals surface area contributed by atoms with E-state index in [9.17, 15) is 0 Å². The van der Waals surface area contributed by atoms with Gasteiger partial charge in [-0.05, 0) is 24.3 Å². The van der Waals surface area contributed by atoms with Crippen LogP contribution in [0.15, 0.2) is 72.4 Å². The zero-order valence-electron chi connectivity index (χ0n) is 17.5. The molecule has 2 atom stereocenters. The summed E-state index contributed by atoms with van der Waals surface area (Å²) in [4.78, 5) is 4.72. The van der Waals surface area contributed by atoms with Gasteiger partial charge < -0.3 is 20.0 Å². The van der Waals surface area contributed by atoms with Crippen LogP contribution in [0.4, 0.5) is 0 Å². The number of fused-ring (bicyclic) bond motifs is 2. The second-order valence-electron chi connectivity index (χ2n) is 7.29. The minimum atomic E-state index is 0.171. The molecule has 5 rings (SSSR count). The van der Waals surface area contributed by atoms with E-state index in [0.717, 1.165) is 31.9 Å². The average molecular weight is 394 g/mol. The Labute approximate surface area is 173 Å². The van der Waals surface area contributed by atoms with Crippen LogP contribution < -0.4 is 15.5 Å². The van der Waals surface area contributed by atoms with Gasteiger partial charge >= 0.3 is 0 Å². The number of hydrazine groups is 1. The maximum absolute atomic E-state index is 5.54. The third kappa shape index (κ3) is 4.04. The number of piperazine rings is 1. The minimum absolute atomic E-state index is 0.171. The summed E-state index contributed by atoms with van der Waals surface area (Å²) in [5.74, 6) is 0.932. The predicted molar refractivity (Wildman–Crippen MR) is 117 cm³/mol. The number of hydrogen-bond acceptors (Lipinski definition) is 6. The third-order valence-corrected chi connectivity index (χ3v) is 5.52. The van der Waals surface area contributed by atoms with Crippen molar-refractivity contribution >= 4 is 0 Å². The van der Waals surface area contributed by atoms with Crippen molar-refractivity contribution < 1.29 is 4.74 Å². The average Bonchev–Trinajstić information content (AvgIpc) is 3.38. The van der Waals surface area contributed by atoms with Gasteiger partial charge in [-0.1, -0.05) is 38.1 Å². The van der Waals surface area contributed by atoms with Crippen LogP contribution in [-0.2, 0) is 0 Å². The Morgan fingerprint density at radius 2 is 2.00 bits per heavy atom. The lowest BCUT2D eigenvalue weighted by Gasteiger charge is -2.35. The van der Waals surface area contributed by atoms with Crippen molar-refractivity contribution in [3.8, 4) is 5.75 Å². The summed E-state index contributed by atoms with van der Waals surface area (Å²) in [5, 5.41) is 5.88. The van der Waals surface area contributed by atoms with Crippen LogP contribution in [0.3, 0.4) is 0 Å². The molecule has 4 heterocycles. The molecule has 0 bridgehead atoms. The standard InChI is InChI=1S/C21H25N5O.C2H6/c1-27-20-7-3-2-6-18(20)19-12-17-15-24(10-11-26(17)23-19)13-16-14-25-9-5-4-8-21(25)22-16;1-2/h2-9,12,14,19,21-23H,10-11,13,15H2,1H3;1-2H3. The van der Waals surface area contributed by atoms with Crippen molar-refractivity contribution in [2.75, 3.05) is 33.3 Å². The topological polar surface area (TPSA) is 43.0 Å². The van der Waals surface area contributed by atoms with E-state index in [-0.39, 0.29) is 12.2 Å². The molecular formula is C23H31N5O. The summed E-state index contributed by atoms with van der Waals surface area (Å²) in [6.45, 7) is 7.92. The van der Waals surface area contributed by atoms with Crippen molar-refractivity contribution in [1.82, 2.24) is 25.6 Å². The van der Waals surface area contributed by atoms with Gasteiger partial charge in [-0.2, -0.15) is 0 Å². The zero-order chi connectivity index (χ0) is 20.2. The molecule has 2 N–H and O–H groups in total. The highest BCUT2D eigenvalue weighted by atomic mass is 16.5. The van der Waals surface area contributed by atoms with E-state index in [0.29, 0.717) is 0 Å². The Morgan fingerprint density at radius 3 is 2.83 bits per heavy atom. The molecule has 0 radical (unpaired) electrons. The monoisotopic (exact) mass is 393 g/mol. The van der Waals surface area contributed by atoms with Crippen LogP contribution in [0, 0.1) is 0 Å². The van der Waals surface area contributed by atoms with Gasteiger partial charge in [0.2, 0.25) is 0 Å². The first-order chi connectivity index (χ1) is 14.3. The van der Waals surface area contributed by atoms with Gasteiger partial charge in [0, 0.05) is 55.5 Å². The first-order valence-corrected chi connectivity index (χ1v) is 10.5.